The molecule has 2 rings (SSSR count). The third-order valence-corrected chi connectivity index (χ3v) is 2.63. The summed E-state index contributed by atoms with van der Waals surface area (Å²) in [6.45, 7) is -0.0132. The van der Waals surface area contributed by atoms with E-state index in [1.165, 1.54) is 7.11 Å². The Balaban J connectivity index is 2.18. The van der Waals surface area contributed by atoms with Crippen molar-refractivity contribution in [1.29, 1.82) is 0 Å². The van der Waals surface area contributed by atoms with Gasteiger partial charge in [-0.3, -0.25) is 0 Å². The van der Waals surface area contributed by atoms with Crippen LogP contribution in [-0.4, -0.2) is 12.1 Å². The van der Waals surface area contributed by atoms with Gasteiger partial charge >= 0.3 is 0 Å². The summed E-state index contributed by atoms with van der Waals surface area (Å²) in [5.41, 5.74) is -0.229. The maximum atomic E-state index is 13.3. The normalized spacial score (nSPS) is 10.4. The van der Waals surface area contributed by atoms with Gasteiger partial charge in [0.2, 0.25) is 11.6 Å². The number of pyridine rings is 1. The van der Waals surface area contributed by atoms with E-state index >= 15 is 0 Å². The second kappa shape index (κ2) is 5.77. The molecule has 0 saturated heterocycles. The molecule has 0 unspecified atom stereocenters. The molecule has 1 heterocycles. The second-order valence-electron chi connectivity index (χ2n) is 3.90. The fourth-order valence-corrected chi connectivity index (χ4v) is 1.58. The lowest BCUT2D eigenvalue weighted by Crippen LogP contribution is -2.09. The van der Waals surface area contributed by atoms with Crippen molar-refractivity contribution in [2.24, 2.45) is 0 Å². The van der Waals surface area contributed by atoms with E-state index in [1.54, 1.807) is 24.3 Å². The molecule has 0 aliphatic heterocycles. The van der Waals surface area contributed by atoms with E-state index in [2.05, 4.69) is 10.3 Å². The summed E-state index contributed by atoms with van der Waals surface area (Å²) in [6.07, 6.45) is 0. The maximum absolute atomic E-state index is 13.3. The van der Waals surface area contributed by atoms with E-state index < -0.39 is 29.2 Å². The minimum Gasteiger partial charge on any atom is -0.497 e. The summed E-state index contributed by atoms with van der Waals surface area (Å²) in [7, 11) is 1.50. The predicted molar refractivity (Wildman–Crippen MR) is 64.4 cm³/mol. The summed E-state index contributed by atoms with van der Waals surface area (Å²) in [4.78, 5) is 2.47. The van der Waals surface area contributed by atoms with Gasteiger partial charge in [-0.1, -0.05) is 12.1 Å². The number of anilines is 1. The van der Waals surface area contributed by atoms with E-state index in [9.17, 15) is 17.6 Å². The molecular formula is C13H10F4N2O. The number of methoxy groups -OCH3 is 1. The number of rotatable bonds is 4. The Morgan fingerprint density at radius 2 is 1.55 bits per heavy atom. The summed E-state index contributed by atoms with van der Waals surface area (Å²) >= 11 is 0. The Morgan fingerprint density at radius 1 is 1.00 bits per heavy atom. The van der Waals surface area contributed by atoms with Crippen LogP contribution in [0.3, 0.4) is 0 Å². The van der Waals surface area contributed by atoms with E-state index in [4.69, 9.17) is 4.74 Å². The largest absolute Gasteiger partial charge is 0.497 e. The number of nitrogens with one attached hydrogen (secondary N) is 1. The first-order valence-electron chi connectivity index (χ1n) is 5.59. The first-order valence-corrected chi connectivity index (χ1v) is 5.59. The van der Waals surface area contributed by atoms with Gasteiger partial charge in [-0.25, -0.2) is 0 Å². The van der Waals surface area contributed by atoms with Crippen LogP contribution < -0.4 is 10.1 Å². The zero-order chi connectivity index (χ0) is 14.7. The summed E-state index contributed by atoms with van der Waals surface area (Å²) in [6, 6.07) is 6.60. The maximum Gasteiger partial charge on any atom is 0.253 e. The number of hydrogen-bond donors (Lipinski definition) is 1. The van der Waals surface area contributed by atoms with Crippen LogP contribution in [0.1, 0.15) is 5.56 Å². The molecule has 0 radical (unpaired) electrons. The molecule has 1 aromatic heterocycles. The van der Waals surface area contributed by atoms with Crippen LogP contribution >= 0.6 is 0 Å². The Labute approximate surface area is 112 Å². The number of hydrogen-bond acceptors (Lipinski definition) is 3. The number of nitrogens with zero attached hydrogens (tertiary/aromatic N) is 1. The van der Waals surface area contributed by atoms with Crippen molar-refractivity contribution in [2.75, 3.05) is 12.4 Å². The molecule has 0 fully saturated rings. The molecule has 20 heavy (non-hydrogen) atoms. The monoisotopic (exact) mass is 286 g/mol. The van der Waals surface area contributed by atoms with Gasteiger partial charge < -0.3 is 10.1 Å². The highest BCUT2D eigenvalue weighted by atomic mass is 19.2. The molecule has 0 amide bonds. The quantitative estimate of drug-likeness (QED) is 0.692. The van der Waals surface area contributed by atoms with Crippen LogP contribution in [0, 0.1) is 23.5 Å². The van der Waals surface area contributed by atoms with Crippen LogP contribution in [0.2, 0.25) is 0 Å². The topological polar surface area (TPSA) is 34.1 Å². The summed E-state index contributed by atoms with van der Waals surface area (Å²) in [5, 5.41) is 2.31. The van der Waals surface area contributed by atoms with Crippen molar-refractivity contribution in [3.8, 4) is 5.75 Å². The smallest absolute Gasteiger partial charge is 0.253 e. The molecule has 0 spiro atoms. The molecule has 0 saturated carbocycles. The van der Waals surface area contributed by atoms with Crippen LogP contribution in [-0.2, 0) is 6.54 Å². The molecule has 0 aliphatic rings. The predicted octanol–water partition coefficient (Wildman–Crippen LogP) is 3.26. The molecule has 3 nitrogen and oxygen atoms in total. The molecule has 2 aromatic rings. The lowest BCUT2D eigenvalue weighted by molar-refractivity contribution is 0.410. The fraction of sp³-hybridized carbons (Fsp3) is 0.154. The number of halogens is 4. The minimum absolute atomic E-state index is 0.0132. The van der Waals surface area contributed by atoms with E-state index in [0.29, 0.717) is 11.3 Å². The number of benzene rings is 1. The molecular weight excluding hydrogens is 276 g/mol. The van der Waals surface area contributed by atoms with E-state index in [-0.39, 0.29) is 6.54 Å². The van der Waals surface area contributed by atoms with E-state index in [0.717, 1.165) is 0 Å². The van der Waals surface area contributed by atoms with Crippen molar-refractivity contribution in [3.63, 3.8) is 0 Å². The number of aromatic nitrogens is 1. The van der Waals surface area contributed by atoms with Gasteiger partial charge in [-0.05, 0) is 17.7 Å². The van der Waals surface area contributed by atoms with Crippen LogP contribution in [0.25, 0.3) is 0 Å². The molecule has 0 aliphatic carbocycles. The van der Waals surface area contributed by atoms with Crippen molar-refractivity contribution in [2.45, 2.75) is 6.54 Å². The van der Waals surface area contributed by atoms with Gasteiger partial charge in [0.15, 0.2) is 0 Å². The van der Waals surface area contributed by atoms with Crippen molar-refractivity contribution < 1.29 is 22.3 Å². The SMILES string of the molecule is COc1ccc(CNc2c(F)c(F)nc(F)c2F)cc1. The number of ether oxygens (including phenoxy) is 1. The Bertz CT molecular complexity index is 591. The van der Waals surface area contributed by atoms with Crippen molar-refractivity contribution in [3.05, 3.63) is 53.4 Å². The molecule has 0 bridgehead atoms. The average Bonchev–Trinajstić information content (AvgIpc) is 2.46. The first kappa shape index (κ1) is 14.1. The van der Waals surface area contributed by atoms with Crippen molar-refractivity contribution >= 4 is 5.69 Å². The third-order valence-electron chi connectivity index (χ3n) is 2.63. The lowest BCUT2D eigenvalue weighted by atomic mass is 10.2. The Kier molecular flexibility index (Phi) is 4.07. The van der Waals surface area contributed by atoms with Gasteiger partial charge in [-0.2, -0.15) is 22.5 Å². The van der Waals surface area contributed by atoms with Crippen LogP contribution in [0.5, 0.6) is 5.75 Å². The molecule has 7 heteroatoms. The lowest BCUT2D eigenvalue weighted by Gasteiger charge is -2.09. The molecule has 1 aromatic carbocycles. The van der Waals surface area contributed by atoms with Gasteiger partial charge in [0.1, 0.15) is 11.4 Å². The summed E-state index contributed by atoms with van der Waals surface area (Å²) < 4.78 is 57.4. The van der Waals surface area contributed by atoms with E-state index in [1.807, 2.05) is 0 Å². The molecule has 0 atom stereocenters. The zero-order valence-electron chi connectivity index (χ0n) is 10.4. The third kappa shape index (κ3) is 2.81. The first-order chi connectivity index (χ1) is 9.52. The van der Waals surface area contributed by atoms with Gasteiger partial charge in [-0.15, -0.1) is 0 Å². The highest BCUT2D eigenvalue weighted by Crippen LogP contribution is 2.23. The van der Waals surface area contributed by atoms with Crippen LogP contribution in [0.4, 0.5) is 23.2 Å². The van der Waals surface area contributed by atoms with Gasteiger partial charge in [0, 0.05) is 6.54 Å². The van der Waals surface area contributed by atoms with Crippen LogP contribution in [0.15, 0.2) is 24.3 Å². The molecule has 1 N–H and O–H groups in total. The van der Waals surface area contributed by atoms with Gasteiger partial charge in [0.25, 0.3) is 11.9 Å². The fourth-order valence-electron chi connectivity index (χ4n) is 1.58. The summed E-state index contributed by atoms with van der Waals surface area (Å²) in [5.74, 6) is -5.89. The Hall–Kier alpha value is -2.31. The highest BCUT2D eigenvalue weighted by molar-refractivity contribution is 5.46. The second-order valence-corrected chi connectivity index (χ2v) is 3.90. The zero-order valence-corrected chi connectivity index (χ0v) is 10.4. The average molecular weight is 286 g/mol. The molecule has 106 valence electrons. The van der Waals surface area contributed by atoms with Crippen molar-refractivity contribution in [1.82, 2.24) is 4.98 Å². The standard InChI is InChI=1S/C13H10F4N2O/c1-20-8-4-2-7(3-5-8)6-18-11-9(14)12(16)19-13(17)10(11)15/h2-5H,6H2,1H3,(H,18,19). The highest BCUT2D eigenvalue weighted by Gasteiger charge is 2.20. The minimum atomic E-state index is -1.69. The Morgan fingerprint density at radius 3 is 2.05 bits per heavy atom. The van der Waals surface area contributed by atoms with Gasteiger partial charge in [0.05, 0.1) is 7.11 Å².